The Labute approximate surface area is 227 Å². The molecule has 38 heavy (non-hydrogen) atoms. The van der Waals surface area contributed by atoms with Crippen LogP contribution in [0.1, 0.15) is 99.0 Å². The highest BCUT2D eigenvalue weighted by Gasteiger charge is 2.24. The van der Waals surface area contributed by atoms with Gasteiger partial charge in [-0.2, -0.15) is 0 Å². The van der Waals surface area contributed by atoms with Crippen LogP contribution in [-0.4, -0.2) is 24.6 Å². The second-order valence-electron chi connectivity index (χ2n) is 10.4. The van der Waals surface area contributed by atoms with Gasteiger partial charge in [0.1, 0.15) is 6.10 Å². The maximum Gasteiger partial charge on any atom is 0.338 e. The number of carbonyl (C=O) groups is 2. The van der Waals surface area contributed by atoms with E-state index < -0.39 is 5.97 Å². The summed E-state index contributed by atoms with van der Waals surface area (Å²) in [5.74, 6) is 0.0700. The summed E-state index contributed by atoms with van der Waals surface area (Å²) in [4.78, 5) is 24.7. The third-order valence-corrected chi connectivity index (χ3v) is 7.38. The lowest BCUT2D eigenvalue weighted by Gasteiger charge is -2.28. The number of hydrogen-bond acceptors (Lipinski definition) is 6. The first-order valence-electron chi connectivity index (χ1n) is 14.2. The molecule has 0 heterocycles. The molecular formula is C32H44N2O4. The van der Waals surface area contributed by atoms with E-state index in [4.69, 9.17) is 20.9 Å². The molecule has 0 aromatic heterocycles. The first-order chi connectivity index (χ1) is 18.4. The van der Waals surface area contributed by atoms with Gasteiger partial charge < -0.3 is 20.9 Å². The van der Waals surface area contributed by atoms with E-state index in [-0.39, 0.29) is 18.7 Å². The molecule has 1 fully saturated rings. The van der Waals surface area contributed by atoms with Crippen LogP contribution in [0.15, 0.2) is 48.5 Å². The minimum atomic E-state index is -0.436. The Morgan fingerprint density at radius 2 is 1.63 bits per heavy atom. The zero-order chi connectivity index (χ0) is 27.2. The molecule has 0 amide bonds. The van der Waals surface area contributed by atoms with Gasteiger partial charge in [0.25, 0.3) is 0 Å². The number of ether oxygens (including phenoxy) is 2. The van der Waals surface area contributed by atoms with Crippen LogP contribution < -0.4 is 11.5 Å². The number of hydrogen-bond donors (Lipinski definition) is 2. The van der Waals surface area contributed by atoms with E-state index in [0.717, 1.165) is 42.7 Å². The second kappa shape index (κ2) is 15.9. The summed E-state index contributed by atoms with van der Waals surface area (Å²) in [5, 5.41) is 0. The lowest BCUT2D eigenvalue weighted by atomic mass is 9.84. The predicted octanol–water partition coefficient (Wildman–Crippen LogP) is 7.12. The van der Waals surface area contributed by atoms with Crippen molar-refractivity contribution in [1.82, 2.24) is 0 Å². The molecule has 0 atom stereocenters. The van der Waals surface area contributed by atoms with Crippen LogP contribution in [0.25, 0.3) is 6.08 Å². The van der Waals surface area contributed by atoms with Crippen molar-refractivity contribution in [2.75, 3.05) is 18.1 Å². The molecule has 0 aliphatic heterocycles. The summed E-state index contributed by atoms with van der Waals surface area (Å²) in [7, 11) is 0. The van der Waals surface area contributed by atoms with E-state index >= 15 is 0 Å². The first-order valence-corrected chi connectivity index (χ1v) is 14.2. The zero-order valence-electron chi connectivity index (χ0n) is 22.8. The monoisotopic (exact) mass is 520 g/mol. The van der Waals surface area contributed by atoms with Gasteiger partial charge in [-0.05, 0) is 73.1 Å². The Morgan fingerprint density at radius 3 is 2.34 bits per heavy atom. The van der Waals surface area contributed by atoms with Crippen molar-refractivity contribution in [2.45, 2.75) is 90.1 Å². The van der Waals surface area contributed by atoms with Crippen LogP contribution in [0.4, 0.5) is 11.4 Å². The van der Waals surface area contributed by atoms with Crippen LogP contribution >= 0.6 is 0 Å². The van der Waals surface area contributed by atoms with E-state index in [1.54, 1.807) is 42.5 Å². The summed E-state index contributed by atoms with van der Waals surface area (Å²) in [5.41, 5.74) is 15.0. The molecule has 6 heteroatoms. The van der Waals surface area contributed by atoms with Crippen molar-refractivity contribution in [3.63, 3.8) is 0 Å². The molecule has 0 spiro atoms. The molecule has 2 aromatic rings. The average molecular weight is 521 g/mol. The van der Waals surface area contributed by atoms with Crippen LogP contribution in [0.5, 0.6) is 0 Å². The standard InChI is InChI=1S/C32H44N2O4/c1-2-3-4-5-6-7-8-24-11-18-29(19-12-24)38-32(36)27-14-9-25(10-15-27)13-20-31(35)37-22-21-26-16-17-28(33)23-30(26)34/h9-10,13-17,20,23-24,29H,2-8,11-12,18-19,21-22,33-34H2,1H3. The third kappa shape index (κ3) is 10.2. The maximum absolute atomic E-state index is 12.6. The largest absolute Gasteiger partial charge is 0.462 e. The fourth-order valence-corrected chi connectivity index (χ4v) is 5.02. The molecule has 0 radical (unpaired) electrons. The molecule has 0 saturated heterocycles. The van der Waals surface area contributed by atoms with Crippen LogP contribution in [0.2, 0.25) is 0 Å². The maximum atomic E-state index is 12.6. The summed E-state index contributed by atoms with van der Waals surface area (Å²) in [6.07, 6.45) is 17.2. The Kier molecular flexibility index (Phi) is 12.2. The molecule has 0 bridgehead atoms. The van der Waals surface area contributed by atoms with Crippen molar-refractivity contribution < 1.29 is 19.1 Å². The molecule has 206 valence electrons. The normalized spacial score (nSPS) is 17.4. The number of unbranched alkanes of at least 4 members (excludes halogenated alkanes) is 5. The van der Waals surface area contributed by atoms with Crippen LogP contribution in [0, 0.1) is 5.92 Å². The van der Waals surface area contributed by atoms with Crippen molar-refractivity contribution in [3.05, 3.63) is 65.2 Å². The molecule has 3 rings (SSSR count). The van der Waals surface area contributed by atoms with Gasteiger partial charge in [0.15, 0.2) is 0 Å². The fraction of sp³-hybridized carbons (Fsp3) is 0.500. The van der Waals surface area contributed by atoms with Crippen molar-refractivity contribution in [1.29, 1.82) is 0 Å². The van der Waals surface area contributed by atoms with Gasteiger partial charge in [-0.1, -0.05) is 70.1 Å². The predicted molar refractivity (Wildman–Crippen MR) is 155 cm³/mol. The number of nitrogen functional groups attached to an aromatic ring is 2. The van der Waals surface area contributed by atoms with E-state index in [1.807, 2.05) is 6.07 Å². The van der Waals surface area contributed by atoms with Gasteiger partial charge in [0.2, 0.25) is 0 Å². The fourth-order valence-electron chi connectivity index (χ4n) is 5.02. The topological polar surface area (TPSA) is 105 Å². The highest BCUT2D eigenvalue weighted by Crippen LogP contribution is 2.30. The summed E-state index contributed by atoms with van der Waals surface area (Å²) >= 11 is 0. The van der Waals surface area contributed by atoms with Gasteiger partial charge in [-0.25, -0.2) is 9.59 Å². The van der Waals surface area contributed by atoms with E-state index in [0.29, 0.717) is 23.4 Å². The highest BCUT2D eigenvalue weighted by atomic mass is 16.5. The SMILES string of the molecule is CCCCCCCCC1CCC(OC(=O)c2ccc(C=CC(=O)OCCc3ccc(N)cc3N)cc2)CC1. The minimum absolute atomic E-state index is 0.0150. The summed E-state index contributed by atoms with van der Waals surface area (Å²) < 4.78 is 11.0. The molecule has 0 unspecified atom stereocenters. The summed E-state index contributed by atoms with van der Waals surface area (Å²) in [6, 6.07) is 12.4. The van der Waals surface area contributed by atoms with Crippen LogP contribution in [-0.2, 0) is 20.7 Å². The van der Waals surface area contributed by atoms with E-state index in [1.165, 1.54) is 51.0 Å². The molecule has 1 aliphatic carbocycles. The number of rotatable bonds is 14. The zero-order valence-corrected chi connectivity index (χ0v) is 22.8. The highest BCUT2D eigenvalue weighted by molar-refractivity contribution is 5.90. The Balaban J connectivity index is 1.33. The van der Waals surface area contributed by atoms with Crippen molar-refractivity contribution >= 4 is 29.4 Å². The summed E-state index contributed by atoms with van der Waals surface area (Å²) in [6.45, 7) is 2.48. The number of carbonyl (C=O) groups excluding carboxylic acids is 2. The van der Waals surface area contributed by atoms with E-state index in [2.05, 4.69) is 6.92 Å². The van der Waals surface area contributed by atoms with Crippen molar-refractivity contribution in [2.24, 2.45) is 5.92 Å². The third-order valence-electron chi connectivity index (χ3n) is 7.38. The molecular weight excluding hydrogens is 476 g/mol. The smallest absolute Gasteiger partial charge is 0.338 e. The molecule has 1 aliphatic rings. The van der Waals surface area contributed by atoms with Crippen LogP contribution in [0.3, 0.4) is 0 Å². The average Bonchev–Trinajstić information content (AvgIpc) is 2.92. The molecule has 4 N–H and O–H groups in total. The quantitative estimate of drug-likeness (QED) is 0.119. The molecule has 6 nitrogen and oxygen atoms in total. The lowest BCUT2D eigenvalue weighted by molar-refractivity contribution is -0.137. The van der Waals surface area contributed by atoms with Gasteiger partial charge in [-0.3, -0.25) is 0 Å². The molecule has 1 saturated carbocycles. The second-order valence-corrected chi connectivity index (χ2v) is 10.4. The van der Waals surface area contributed by atoms with Crippen molar-refractivity contribution in [3.8, 4) is 0 Å². The Morgan fingerprint density at radius 1 is 0.921 bits per heavy atom. The van der Waals surface area contributed by atoms with Gasteiger partial charge in [-0.15, -0.1) is 0 Å². The van der Waals surface area contributed by atoms with E-state index in [9.17, 15) is 9.59 Å². The Bertz CT molecular complexity index is 1040. The number of nitrogens with two attached hydrogens (primary N) is 2. The Hall–Kier alpha value is -3.28. The first kappa shape index (κ1) is 29.3. The number of esters is 2. The van der Waals surface area contributed by atoms with Gasteiger partial charge in [0.05, 0.1) is 12.2 Å². The molecule has 2 aromatic carbocycles. The number of anilines is 2. The van der Waals surface area contributed by atoms with Gasteiger partial charge >= 0.3 is 11.9 Å². The lowest BCUT2D eigenvalue weighted by Crippen LogP contribution is -2.24. The minimum Gasteiger partial charge on any atom is -0.462 e. The van der Waals surface area contributed by atoms with Gasteiger partial charge in [0, 0.05) is 23.9 Å². The number of benzene rings is 2.